The molecule has 0 aliphatic heterocycles. The summed E-state index contributed by atoms with van der Waals surface area (Å²) in [4.78, 5) is 23.5. The van der Waals surface area contributed by atoms with E-state index in [0.29, 0.717) is 5.56 Å². The number of hydrogen-bond acceptors (Lipinski definition) is 9. The second kappa shape index (κ2) is 10.5. The highest BCUT2D eigenvalue weighted by molar-refractivity contribution is 7.86. The summed E-state index contributed by atoms with van der Waals surface area (Å²) < 4.78 is 36.8. The third kappa shape index (κ3) is 10.2. The summed E-state index contributed by atoms with van der Waals surface area (Å²) in [6.07, 6.45) is -2.89. The average Bonchev–Trinajstić information content (AvgIpc) is 2.59. The van der Waals surface area contributed by atoms with E-state index in [1.54, 1.807) is 32.9 Å². The van der Waals surface area contributed by atoms with Gasteiger partial charge in [0, 0.05) is 0 Å². The quantitative estimate of drug-likeness (QED) is 0.221. The normalized spacial score (nSPS) is 13.1. The van der Waals surface area contributed by atoms with Crippen LogP contribution in [0.4, 0.5) is 4.79 Å². The van der Waals surface area contributed by atoms with Crippen LogP contribution in [0.25, 0.3) is 0 Å². The lowest BCUT2D eigenvalue weighted by Crippen LogP contribution is -2.46. The summed E-state index contributed by atoms with van der Waals surface area (Å²) >= 11 is 0. The molecule has 0 aromatic heterocycles. The number of benzene rings is 1. The van der Waals surface area contributed by atoms with Gasteiger partial charge in [-0.05, 0) is 44.9 Å². The smallest absolute Gasteiger partial charge is 0.408 e. The van der Waals surface area contributed by atoms with Gasteiger partial charge in [-0.15, -0.1) is 0 Å². The number of hydrogen-bond donors (Lipinski definition) is 3. The molecule has 0 radical (unpaired) electrons. The second-order valence-electron chi connectivity index (χ2n) is 7.17. The number of nitrogens with one attached hydrogen (secondary N) is 1. The zero-order chi connectivity index (χ0) is 22.2. The molecule has 1 aromatic rings. The van der Waals surface area contributed by atoms with Crippen LogP contribution in [0.3, 0.4) is 0 Å². The largest absolute Gasteiger partial charge is 0.444 e. The summed E-state index contributed by atoms with van der Waals surface area (Å²) in [5.41, 5.74) is -0.107. The maximum Gasteiger partial charge on any atom is 0.408 e. The van der Waals surface area contributed by atoms with E-state index < -0.39 is 45.9 Å². The van der Waals surface area contributed by atoms with Gasteiger partial charge in [-0.2, -0.15) is 8.42 Å². The first-order valence-corrected chi connectivity index (χ1v) is 10.3. The average molecular weight is 433 g/mol. The van der Waals surface area contributed by atoms with Crippen LogP contribution in [0.2, 0.25) is 0 Å². The fraction of sp³-hybridized carbons (Fsp3) is 0.556. The zero-order valence-corrected chi connectivity index (χ0v) is 17.6. The Bertz CT molecular complexity index is 783. The molecule has 0 saturated heterocycles. The molecule has 1 unspecified atom stereocenters. The third-order valence-corrected chi connectivity index (χ3v) is 4.69. The molecule has 164 valence electrons. The molecule has 3 N–H and O–H groups in total. The molecule has 10 nitrogen and oxygen atoms in total. The van der Waals surface area contributed by atoms with Crippen LogP contribution < -0.4 is 10.1 Å². The first-order valence-electron chi connectivity index (χ1n) is 8.75. The van der Waals surface area contributed by atoms with Crippen LogP contribution >= 0.6 is 0 Å². The van der Waals surface area contributed by atoms with Gasteiger partial charge in [0.05, 0.1) is 25.3 Å². The molecule has 0 aliphatic rings. The highest BCUT2D eigenvalue weighted by Gasteiger charge is 2.23. The Hall–Kier alpha value is -2.21. The standard InChI is InChI=1S/C18H27NO9S/c1-18(2,3)28-17(23)19-14(16(21)22)11-12-5-7-13(8-6-12)27-15(20)9-10-29(24,25)26-4/h5-8,14,16,21-22H,9-11H2,1-4H3,(H,19,23). The van der Waals surface area contributed by atoms with Gasteiger partial charge < -0.3 is 25.0 Å². The lowest BCUT2D eigenvalue weighted by atomic mass is 10.1. The number of carbonyl (C=O) groups is 2. The maximum atomic E-state index is 11.8. The van der Waals surface area contributed by atoms with Gasteiger partial charge in [0.2, 0.25) is 0 Å². The number of aliphatic hydroxyl groups is 2. The Morgan fingerprint density at radius 1 is 1.14 bits per heavy atom. The van der Waals surface area contributed by atoms with Gasteiger partial charge in [0.1, 0.15) is 11.4 Å². The van der Waals surface area contributed by atoms with Gasteiger partial charge in [-0.1, -0.05) is 12.1 Å². The Balaban J connectivity index is 2.64. The van der Waals surface area contributed by atoms with E-state index in [9.17, 15) is 28.2 Å². The van der Waals surface area contributed by atoms with E-state index in [1.165, 1.54) is 12.1 Å². The molecular formula is C18H27NO9S. The highest BCUT2D eigenvalue weighted by Crippen LogP contribution is 2.15. The zero-order valence-electron chi connectivity index (χ0n) is 16.7. The van der Waals surface area contributed by atoms with E-state index in [2.05, 4.69) is 9.50 Å². The van der Waals surface area contributed by atoms with Crippen molar-refractivity contribution in [1.82, 2.24) is 5.32 Å². The van der Waals surface area contributed by atoms with Gasteiger partial charge >= 0.3 is 12.1 Å². The Morgan fingerprint density at radius 3 is 2.21 bits per heavy atom. The van der Waals surface area contributed by atoms with Crippen molar-refractivity contribution in [3.63, 3.8) is 0 Å². The van der Waals surface area contributed by atoms with Crippen LogP contribution in [0.1, 0.15) is 32.8 Å². The minimum absolute atomic E-state index is 0.0806. The van der Waals surface area contributed by atoms with Crippen LogP contribution in [0.5, 0.6) is 5.75 Å². The van der Waals surface area contributed by atoms with Crippen molar-refractivity contribution < 1.29 is 41.9 Å². The molecular weight excluding hydrogens is 406 g/mol. The second-order valence-corrected chi connectivity index (χ2v) is 9.02. The summed E-state index contributed by atoms with van der Waals surface area (Å²) in [6.45, 7) is 5.05. The van der Waals surface area contributed by atoms with E-state index in [0.717, 1.165) is 7.11 Å². The van der Waals surface area contributed by atoms with E-state index in [-0.39, 0.29) is 18.6 Å². The SMILES string of the molecule is COS(=O)(=O)CCC(=O)Oc1ccc(CC(NC(=O)OC(C)(C)C)C(O)O)cc1. The summed E-state index contributed by atoms with van der Waals surface area (Å²) in [5, 5.41) is 21.4. The Kier molecular flexibility index (Phi) is 9.02. The summed E-state index contributed by atoms with van der Waals surface area (Å²) in [5.74, 6) is -1.05. The van der Waals surface area contributed by atoms with Crippen molar-refractivity contribution in [3.8, 4) is 5.75 Å². The molecule has 0 aliphatic carbocycles. The first-order chi connectivity index (χ1) is 13.3. The fourth-order valence-corrected chi connectivity index (χ4v) is 2.69. The highest BCUT2D eigenvalue weighted by atomic mass is 32.2. The van der Waals surface area contributed by atoms with Crippen molar-refractivity contribution in [2.75, 3.05) is 12.9 Å². The number of alkyl carbamates (subject to hydrolysis) is 1. The number of carbonyl (C=O) groups excluding carboxylic acids is 2. The van der Waals surface area contributed by atoms with Gasteiger partial charge in [0.25, 0.3) is 10.1 Å². The van der Waals surface area contributed by atoms with Crippen LogP contribution in [-0.2, 0) is 30.3 Å². The molecule has 11 heteroatoms. The minimum Gasteiger partial charge on any atom is -0.444 e. The molecule has 0 bridgehead atoms. The van der Waals surface area contributed by atoms with Crippen LogP contribution in [0, 0.1) is 0 Å². The number of ether oxygens (including phenoxy) is 2. The fourth-order valence-electron chi connectivity index (χ4n) is 2.11. The molecule has 0 fully saturated rings. The lowest BCUT2D eigenvalue weighted by Gasteiger charge is -2.24. The lowest BCUT2D eigenvalue weighted by molar-refractivity contribution is -0.133. The van der Waals surface area contributed by atoms with Crippen LogP contribution in [-0.4, -0.2) is 61.5 Å². The molecule has 1 amide bonds. The number of rotatable bonds is 9. The third-order valence-electron chi connectivity index (χ3n) is 3.48. The number of amides is 1. The molecule has 0 saturated carbocycles. The van der Waals surface area contributed by atoms with Gasteiger partial charge in [-0.3, -0.25) is 8.98 Å². The van der Waals surface area contributed by atoms with Gasteiger partial charge in [0.15, 0.2) is 6.29 Å². The Labute approximate surface area is 169 Å². The molecule has 0 heterocycles. The molecule has 0 spiro atoms. The molecule has 1 atom stereocenters. The molecule has 1 aromatic carbocycles. The maximum absolute atomic E-state index is 11.8. The van der Waals surface area contributed by atoms with E-state index in [4.69, 9.17) is 9.47 Å². The van der Waals surface area contributed by atoms with Gasteiger partial charge in [-0.25, -0.2) is 4.79 Å². The number of esters is 1. The topological polar surface area (TPSA) is 148 Å². The van der Waals surface area contributed by atoms with Crippen LogP contribution in [0.15, 0.2) is 24.3 Å². The monoisotopic (exact) mass is 433 g/mol. The minimum atomic E-state index is -3.75. The first kappa shape index (κ1) is 24.8. The van der Waals surface area contributed by atoms with E-state index >= 15 is 0 Å². The van der Waals surface area contributed by atoms with Crippen molar-refractivity contribution in [1.29, 1.82) is 0 Å². The van der Waals surface area contributed by atoms with E-state index in [1.807, 2.05) is 0 Å². The number of aliphatic hydroxyl groups excluding tert-OH is 1. The van der Waals surface area contributed by atoms with Crippen molar-refractivity contribution >= 4 is 22.2 Å². The van der Waals surface area contributed by atoms with Crippen molar-refractivity contribution in [2.24, 2.45) is 0 Å². The summed E-state index contributed by atoms with van der Waals surface area (Å²) in [7, 11) is -2.74. The Morgan fingerprint density at radius 2 is 1.72 bits per heavy atom. The summed E-state index contributed by atoms with van der Waals surface area (Å²) in [6, 6.07) is 5.05. The molecule has 1 rings (SSSR count). The van der Waals surface area contributed by atoms with Crippen molar-refractivity contribution in [2.45, 2.75) is 51.5 Å². The van der Waals surface area contributed by atoms with Crippen molar-refractivity contribution in [3.05, 3.63) is 29.8 Å². The molecule has 29 heavy (non-hydrogen) atoms. The predicted molar refractivity (Wildman–Crippen MR) is 103 cm³/mol. The predicted octanol–water partition coefficient (Wildman–Crippen LogP) is 0.705.